The molecule has 3 nitrogen and oxygen atoms in total. The summed E-state index contributed by atoms with van der Waals surface area (Å²) in [6.45, 7) is 8.84. The van der Waals surface area contributed by atoms with Crippen LogP contribution in [0.1, 0.15) is 34.1 Å². The summed E-state index contributed by atoms with van der Waals surface area (Å²) in [6, 6.07) is 0.685. The first-order chi connectivity index (χ1) is 7.51. The largest absolute Gasteiger partial charge is 0.352 e. The molecule has 0 aromatic rings. The van der Waals surface area contributed by atoms with Gasteiger partial charge in [-0.15, -0.1) is 0 Å². The molecule has 0 spiro atoms. The molecule has 0 rings (SSSR count). The van der Waals surface area contributed by atoms with Gasteiger partial charge in [-0.1, -0.05) is 20.8 Å². The summed E-state index contributed by atoms with van der Waals surface area (Å²) < 4.78 is 0. The SMILES string of the molecule is CCC(CSC)NCC(=O)NC(C)C(C)C. The van der Waals surface area contributed by atoms with Gasteiger partial charge in [-0.25, -0.2) is 0 Å². The molecule has 0 aromatic heterocycles. The van der Waals surface area contributed by atoms with Crippen molar-refractivity contribution in [3.63, 3.8) is 0 Å². The Bertz CT molecular complexity index is 197. The summed E-state index contributed by atoms with van der Waals surface area (Å²) in [6.07, 6.45) is 3.15. The van der Waals surface area contributed by atoms with Crippen LogP contribution in [0.25, 0.3) is 0 Å². The fourth-order valence-corrected chi connectivity index (χ4v) is 1.99. The maximum absolute atomic E-state index is 11.6. The third-order valence-electron chi connectivity index (χ3n) is 2.80. The maximum Gasteiger partial charge on any atom is 0.234 e. The van der Waals surface area contributed by atoms with Crippen molar-refractivity contribution in [1.82, 2.24) is 10.6 Å². The predicted octanol–water partition coefficient (Wildman–Crippen LogP) is 1.88. The van der Waals surface area contributed by atoms with Gasteiger partial charge in [-0.05, 0) is 25.5 Å². The van der Waals surface area contributed by atoms with Gasteiger partial charge < -0.3 is 10.6 Å². The van der Waals surface area contributed by atoms with Gasteiger partial charge >= 0.3 is 0 Å². The molecule has 2 atom stereocenters. The summed E-state index contributed by atoms with van der Waals surface area (Å²) in [5.74, 6) is 1.64. The third-order valence-corrected chi connectivity index (χ3v) is 3.54. The lowest BCUT2D eigenvalue weighted by Gasteiger charge is -2.19. The fourth-order valence-electron chi connectivity index (χ4n) is 1.23. The van der Waals surface area contributed by atoms with Crippen molar-refractivity contribution in [2.75, 3.05) is 18.6 Å². The normalized spacial score (nSPS) is 14.9. The second-order valence-electron chi connectivity index (χ2n) is 4.54. The Kier molecular flexibility index (Phi) is 8.76. The van der Waals surface area contributed by atoms with Gasteiger partial charge in [0.05, 0.1) is 6.54 Å². The lowest BCUT2D eigenvalue weighted by atomic mass is 10.1. The number of rotatable bonds is 8. The van der Waals surface area contributed by atoms with Gasteiger partial charge in [0.25, 0.3) is 0 Å². The van der Waals surface area contributed by atoms with E-state index >= 15 is 0 Å². The second kappa shape index (κ2) is 8.88. The highest BCUT2D eigenvalue weighted by atomic mass is 32.2. The van der Waals surface area contributed by atoms with E-state index in [4.69, 9.17) is 0 Å². The second-order valence-corrected chi connectivity index (χ2v) is 5.45. The van der Waals surface area contributed by atoms with Crippen LogP contribution in [0.2, 0.25) is 0 Å². The first-order valence-electron chi connectivity index (χ1n) is 6.02. The Hall–Kier alpha value is -0.220. The van der Waals surface area contributed by atoms with E-state index < -0.39 is 0 Å². The van der Waals surface area contributed by atoms with Crippen LogP contribution in [0.15, 0.2) is 0 Å². The maximum atomic E-state index is 11.6. The number of carbonyl (C=O) groups excluding carboxylic acids is 1. The molecule has 1 amide bonds. The number of hydrogen-bond acceptors (Lipinski definition) is 3. The van der Waals surface area contributed by atoms with E-state index in [-0.39, 0.29) is 11.9 Å². The van der Waals surface area contributed by atoms with E-state index in [0.29, 0.717) is 18.5 Å². The monoisotopic (exact) mass is 246 g/mol. The number of amides is 1. The summed E-state index contributed by atoms with van der Waals surface area (Å²) in [4.78, 5) is 11.6. The van der Waals surface area contributed by atoms with Crippen molar-refractivity contribution in [2.45, 2.75) is 46.2 Å². The van der Waals surface area contributed by atoms with Crippen LogP contribution in [0.5, 0.6) is 0 Å². The molecule has 0 aromatic carbocycles. The first kappa shape index (κ1) is 15.8. The number of carbonyl (C=O) groups is 1. The van der Waals surface area contributed by atoms with Crippen molar-refractivity contribution in [2.24, 2.45) is 5.92 Å². The summed E-state index contributed by atoms with van der Waals surface area (Å²) >= 11 is 1.81. The van der Waals surface area contributed by atoms with E-state index in [1.54, 1.807) is 0 Å². The Morgan fingerprint density at radius 3 is 2.38 bits per heavy atom. The van der Waals surface area contributed by atoms with E-state index in [1.165, 1.54) is 0 Å². The highest BCUT2D eigenvalue weighted by molar-refractivity contribution is 7.98. The van der Waals surface area contributed by atoms with Gasteiger partial charge in [0.15, 0.2) is 0 Å². The molecule has 0 fully saturated rings. The molecule has 2 unspecified atom stereocenters. The van der Waals surface area contributed by atoms with Gasteiger partial charge in [0, 0.05) is 17.8 Å². The molecule has 0 bridgehead atoms. The number of nitrogens with one attached hydrogen (secondary N) is 2. The molecule has 4 heteroatoms. The zero-order chi connectivity index (χ0) is 12.6. The Morgan fingerprint density at radius 1 is 1.31 bits per heavy atom. The minimum absolute atomic E-state index is 0.0979. The topological polar surface area (TPSA) is 41.1 Å². The molecule has 2 N–H and O–H groups in total. The molecule has 0 heterocycles. The molecular formula is C12H26N2OS. The van der Waals surface area contributed by atoms with Gasteiger partial charge in [0.2, 0.25) is 5.91 Å². The average molecular weight is 246 g/mol. The zero-order valence-electron chi connectivity index (χ0n) is 11.2. The Morgan fingerprint density at radius 2 is 1.94 bits per heavy atom. The fraction of sp³-hybridized carbons (Fsp3) is 0.917. The molecule has 0 saturated heterocycles. The van der Waals surface area contributed by atoms with Crippen LogP contribution in [0.3, 0.4) is 0 Å². The lowest BCUT2D eigenvalue weighted by Crippen LogP contribution is -2.44. The Balaban J connectivity index is 3.79. The van der Waals surface area contributed by atoms with Crippen LogP contribution in [-0.2, 0) is 4.79 Å². The van der Waals surface area contributed by atoms with E-state index in [0.717, 1.165) is 12.2 Å². The molecule has 0 saturated carbocycles. The van der Waals surface area contributed by atoms with Crippen molar-refractivity contribution in [3.05, 3.63) is 0 Å². The third kappa shape index (κ3) is 7.12. The highest BCUT2D eigenvalue weighted by Gasteiger charge is 2.12. The smallest absolute Gasteiger partial charge is 0.234 e. The molecule has 16 heavy (non-hydrogen) atoms. The van der Waals surface area contributed by atoms with Crippen LogP contribution < -0.4 is 10.6 Å². The molecule has 0 radical (unpaired) electrons. The first-order valence-corrected chi connectivity index (χ1v) is 7.42. The van der Waals surface area contributed by atoms with E-state index in [9.17, 15) is 4.79 Å². The minimum Gasteiger partial charge on any atom is -0.352 e. The van der Waals surface area contributed by atoms with Gasteiger partial charge in [0.1, 0.15) is 0 Å². The average Bonchev–Trinajstić information content (AvgIpc) is 2.23. The Labute approximate surface area is 104 Å². The lowest BCUT2D eigenvalue weighted by molar-refractivity contribution is -0.121. The van der Waals surface area contributed by atoms with Crippen molar-refractivity contribution in [1.29, 1.82) is 0 Å². The quantitative estimate of drug-likeness (QED) is 0.687. The highest BCUT2D eigenvalue weighted by Crippen LogP contribution is 2.01. The van der Waals surface area contributed by atoms with E-state index in [1.807, 2.05) is 18.7 Å². The number of thioether (sulfide) groups is 1. The predicted molar refractivity (Wildman–Crippen MR) is 72.9 cm³/mol. The van der Waals surface area contributed by atoms with Gasteiger partial charge in [-0.3, -0.25) is 4.79 Å². The molecule has 0 aliphatic carbocycles. The number of hydrogen-bond donors (Lipinski definition) is 2. The van der Waals surface area contributed by atoms with Crippen LogP contribution in [-0.4, -0.2) is 36.5 Å². The summed E-state index contributed by atoms with van der Waals surface area (Å²) in [5.41, 5.74) is 0. The standard InChI is InChI=1S/C12H26N2OS/c1-6-11(8-16-5)13-7-12(15)14-10(4)9(2)3/h9-11,13H,6-8H2,1-5H3,(H,14,15). The van der Waals surface area contributed by atoms with Crippen LogP contribution in [0, 0.1) is 5.92 Å². The minimum atomic E-state index is 0.0979. The van der Waals surface area contributed by atoms with Crippen molar-refractivity contribution < 1.29 is 4.79 Å². The summed E-state index contributed by atoms with van der Waals surface area (Å²) in [5, 5.41) is 6.27. The van der Waals surface area contributed by atoms with Gasteiger partial charge in [-0.2, -0.15) is 11.8 Å². The molecule has 96 valence electrons. The molecule has 0 aliphatic heterocycles. The summed E-state index contributed by atoms with van der Waals surface area (Å²) in [7, 11) is 0. The van der Waals surface area contributed by atoms with Crippen LogP contribution in [0.4, 0.5) is 0 Å². The molecular weight excluding hydrogens is 220 g/mol. The van der Waals surface area contributed by atoms with Crippen molar-refractivity contribution >= 4 is 17.7 Å². The zero-order valence-corrected chi connectivity index (χ0v) is 12.0. The molecule has 0 aliphatic rings. The van der Waals surface area contributed by atoms with Crippen molar-refractivity contribution in [3.8, 4) is 0 Å². The van der Waals surface area contributed by atoms with E-state index in [2.05, 4.69) is 37.7 Å². The van der Waals surface area contributed by atoms with Crippen LogP contribution >= 0.6 is 11.8 Å².